The van der Waals surface area contributed by atoms with Gasteiger partial charge in [0.15, 0.2) is 0 Å². The number of ether oxygens (including phenoxy) is 1. The highest BCUT2D eigenvalue weighted by molar-refractivity contribution is 6.30. The van der Waals surface area contributed by atoms with Crippen LogP contribution >= 0.6 is 11.6 Å². The molecule has 0 bridgehead atoms. The van der Waals surface area contributed by atoms with Crippen LogP contribution < -0.4 is 10.1 Å². The first kappa shape index (κ1) is 24.8. The molecule has 0 unspecified atom stereocenters. The van der Waals surface area contributed by atoms with E-state index >= 15 is 0 Å². The molecule has 35 heavy (non-hydrogen) atoms. The summed E-state index contributed by atoms with van der Waals surface area (Å²) in [5, 5.41) is 3.77. The molecule has 1 amide bonds. The molecule has 0 atom stereocenters. The fraction of sp³-hybridized carbons (Fsp3) is 0.310. The molecule has 0 radical (unpaired) electrons. The van der Waals surface area contributed by atoms with Crippen LogP contribution in [0.5, 0.6) is 5.75 Å². The Morgan fingerprint density at radius 3 is 2.49 bits per heavy atom. The number of imidazole rings is 1. The normalized spacial score (nSPS) is 11.0. The summed E-state index contributed by atoms with van der Waals surface area (Å²) in [4.78, 5) is 17.1. The molecule has 6 heteroatoms. The third kappa shape index (κ3) is 7.59. The summed E-state index contributed by atoms with van der Waals surface area (Å²) in [6.45, 7) is 2.22. The Kier molecular flexibility index (Phi) is 9.18. The molecule has 0 saturated heterocycles. The van der Waals surface area contributed by atoms with Crippen molar-refractivity contribution in [2.45, 2.75) is 45.1 Å². The number of fused-ring (bicyclic) bond motifs is 1. The number of hydrogen-bond donors (Lipinski definition) is 1. The van der Waals surface area contributed by atoms with Crippen molar-refractivity contribution in [3.05, 3.63) is 95.3 Å². The lowest BCUT2D eigenvalue weighted by atomic mass is 10.1. The molecular formula is C29H32ClN3O2. The maximum Gasteiger partial charge on any atom is 0.220 e. The molecule has 1 N–H and O–H groups in total. The first-order chi connectivity index (χ1) is 17.2. The van der Waals surface area contributed by atoms with E-state index in [1.54, 1.807) is 0 Å². The number of aryl methyl sites for hydroxylation is 3. The first-order valence-corrected chi connectivity index (χ1v) is 12.7. The molecule has 0 aliphatic heterocycles. The van der Waals surface area contributed by atoms with Gasteiger partial charge in [0.1, 0.15) is 11.6 Å². The minimum Gasteiger partial charge on any atom is -0.494 e. The Balaban J connectivity index is 1.23. The summed E-state index contributed by atoms with van der Waals surface area (Å²) in [5.41, 5.74) is 3.37. The van der Waals surface area contributed by atoms with Gasteiger partial charge in [-0.2, -0.15) is 0 Å². The fourth-order valence-corrected chi connectivity index (χ4v) is 4.25. The number of benzene rings is 3. The van der Waals surface area contributed by atoms with E-state index in [-0.39, 0.29) is 5.91 Å². The third-order valence-electron chi connectivity index (χ3n) is 5.97. The Hall–Kier alpha value is -3.31. The van der Waals surface area contributed by atoms with Gasteiger partial charge in [0.25, 0.3) is 0 Å². The van der Waals surface area contributed by atoms with Gasteiger partial charge in [0, 0.05) is 31.0 Å². The van der Waals surface area contributed by atoms with Crippen molar-refractivity contribution >= 4 is 28.5 Å². The lowest BCUT2D eigenvalue weighted by Gasteiger charge is -2.11. The van der Waals surface area contributed by atoms with Crippen molar-refractivity contribution in [1.82, 2.24) is 14.9 Å². The number of nitrogens with one attached hydrogen (secondary N) is 1. The number of para-hydroxylation sites is 2. The Morgan fingerprint density at radius 2 is 1.66 bits per heavy atom. The van der Waals surface area contributed by atoms with Crippen LogP contribution in [0, 0.1) is 0 Å². The smallest absolute Gasteiger partial charge is 0.220 e. The number of aromatic nitrogens is 2. The van der Waals surface area contributed by atoms with Crippen molar-refractivity contribution in [3.8, 4) is 5.75 Å². The molecule has 0 aliphatic rings. The van der Waals surface area contributed by atoms with Crippen molar-refractivity contribution in [1.29, 1.82) is 0 Å². The molecule has 0 fully saturated rings. The Bertz CT molecular complexity index is 1210. The zero-order valence-electron chi connectivity index (χ0n) is 20.0. The van der Waals surface area contributed by atoms with Crippen LogP contribution in [-0.2, 0) is 24.2 Å². The van der Waals surface area contributed by atoms with Gasteiger partial charge >= 0.3 is 0 Å². The van der Waals surface area contributed by atoms with Gasteiger partial charge in [-0.25, -0.2) is 4.98 Å². The van der Waals surface area contributed by atoms with E-state index in [9.17, 15) is 4.79 Å². The number of hydrogen-bond acceptors (Lipinski definition) is 3. The number of carbonyl (C=O) groups is 1. The number of halogens is 1. The minimum atomic E-state index is 0.100. The number of nitrogens with zero attached hydrogens (tertiary/aromatic N) is 2. The van der Waals surface area contributed by atoms with E-state index in [0.717, 1.165) is 61.3 Å². The maximum absolute atomic E-state index is 12.2. The number of unbranched alkanes of at least 4 members (excludes halogenated alkanes) is 1. The standard InChI is InChI=1S/C29H32ClN3O2/c30-24-15-17-25(18-16-24)35-22-7-6-21-33-27-12-5-4-11-26(27)32-28(33)13-8-20-31-29(34)19-14-23-9-2-1-3-10-23/h1-5,9-12,15-18H,6-8,13-14,19-22H2,(H,31,34). The van der Waals surface area contributed by atoms with Crippen LogP contribution in [0.3, 0.4) is 0 Å². The lowest BCUT2D eigenvalue weighted by molar-refractivity contribution is -0.121. The second-order valence-corrected chi connectivity index (χ2v) is 9.05. The molecule has 4 aromatic rings. The highest BCUT2D eigenvalue weighted by Gasteiger charge is 2.10. The van der Waals surface area contributed by atoms with Crippen LogP contribution in [0.2, 0.25) is 5.02 Å². The average Bonchev–Trinajstić information content (AvgIpc) is 3.24. The summed E-state index contributed by atoms with van der Waals surface area (Å²) in [7, 11) is 0. The largest absolute Gasteiger partial charge is 0.494 e. The van der Waals surface area contributed by atoms with Gasteiger partial charge in [0.05, 0.1) is 17.6 Å². The van der Waals surface area contributed by atoms with Gasteiger partial charge in [-0.3, -0.25) is 4.79 Å². The molecule has 1 heterocycles. The van der Waals surface area contributed by atoms with E-state index in [2.05, 4.69) is 40.2 Å². The number of amides is 1. The molecule has 5 nitrogen and oxygen atoms in total. The Labute approximate surface area is 212 Å². The monoisotopic (exact) mass is 489 g/mol. The van der Waals surface area contributed by atoms with Gasteiger partial charge in [-0.1, -0.05) is 54.1 Å². The second-order valence-electron chi connectivity index (χ2n) is 8.62. The molecule has 3 aromatic carbocycles. The Morgan fingerprint density at radius 1 is 0.886 bits per heavy atom. The zero-order chi connectivity index (χ0) is 24.3. The number of carbonyl (C=O) groups excluding carboxylic acids is 1. The molecule has 1 aromatic heterocycles. The maximum atomic E-state index is 12.2. The zero-order valence-corrected chi connectivity index (χ0v) is 20.7. The van der Waals surface area contributed by atoms with E-state index in [0.29, 0.717) is 24.6 Å². The van der Waals surface area contributed by atoms with E-state index in [1.165, 1.54) is 5.56 Å². The predicted molar refractivity (Wildman–Crippen MR) is 142 cm³/mol. The predicted octanol–water partition coefficient (Wildman–Crippen LogP) is 6.23. The second kappa shape index (κ2) is 13.0. The molecule has 0 aliphatic carbocycles. The van der Waals surface area contributed by atoms with Crippen LogP contribution in [0.1, 0.15) is 37.1 Å². The lowest BCUT2D eigenvalue weighted by Crippen LogP contribution is -2.25. The highest BCUT2D eigenvalue weighted by Crippen LogP contribution is 2.19. The minimum absolute atomic E-state index is 0.100. The third-order valence-corrected chi connectivity index (χ3v) is 6.23. The molecule has 0 spiro atoms. The van der Waals surface area contributed by atoms with Crippen molar-refractivity contribution in [2.24, 2.45) is 0 Å². The summed E-state index contributed by atoms with van der Waals surface area (Å²) in [5.74, 6) is 2.01. The summed E-state index contributed by atoms with van der Waals surface area (Å²) < 4.78 is 8.14. The summed E-state index contributed by atoms with van der Waals surface area (Å²) in [6, 6.07) is 25.9. The van der Waals surface area contributed by atoms with Gasteiger partial charge < -0.3 is 14.6 Å². The molecule has 182 valence electrons. The quantitative estimate of drug-likeness (QED) is 0.226. The highest BCUT2D eigenvalue weighted by atomic mass is 35.5. The van der Waals surface area contributed by atoms with Crippen molar-refractivity contribution < 1.29 is 9.53 Å². The molecule has 0 saturated carbocycles. The van der Waals surface area contributed by atoms with E-state index in [1.807, 2.05) is 48.5 Å². The van der Waals surface area contributed by atoms with Gasteiger partial charge in [-0.15, -0.1) is 0 Å². The molecule has 4 rings (SSSR count). The summed E-state index contributed by atoms with van der Waals surface area (Å²) in [6.07, 6.45) is 4.92. The average molecular weight is 490 g/mol. The van der Waals surface area contributed by atoms with Crippen LogP contribution in [-0.4, -0.2) is 28.6 Å². The van der Waals surface area contributed by atoms with Crippen LogP contribution in [0.15, 0.2) is 78.9 Å². The summed E-state index contributed by atoms with van der Waals surface area (Å²) >= 11 is 5.93. The van der Waals surface area contributed by atoms with E-state index < -0.39 is 0 Å². The molecular weight excluding hydrogens is 458 g/mol. The first-order valence-electron chi connectivity index (χ1n) is 12.3. The number of rotatable bonds is 13. The fourth-order valence-electron chi connectivity index (χ4n) is 4.12. The van der Waals surface area contributed by atoms with Crippen molar-refractivity contribution in [3.63, 3.8) is 0 Å². The topological polar surface area (TPSA) is 56.2 Å². The van der Waals surface area contributed by atoms with Gasteiger partial charge in [-0.05, 0) is 67.6 Å². The van der Waals surface area contributed by atoms with E-state index in [4.69, 9.17) is 21.3 Å². The van der Waals surface area contributed by atoms with Crippen LogP contribution in [0.25, 0.3) is 11.0 Å². The SMILES string of the molecule is O=C(CCc1ccccc1)NCCCc1nc2ccccc2n1CCCCOc1ccc(Cl)cc1. The van der Waals surface area contributed by atoms with Crippen LogP contribution in [0.4, 0.5) is 0 Å². The van der Waals surface area contributed by atoms with Gasteiger partial charge in [0.2, 0.25) is 5.91 Å². The van der Waals surface area contributed by atoms with Crippen molar-refractivity contribution in [2.75, 3.05) is 13.2 Å².